The van der Waals surface area contributed by atoms with E-state index in [9.17, 15) is 13.2 Å². The topological polar surface area (TPSA) is 131 Å². The quantitative estimate of drug-likeness (QED) is 0.163. The summed E-state index contributed by atoms with van der Waals surface area (Å²) in [5.41, 5.74) is 3.88. The third kappa shape index (κ3) is 7.95. The van der Waals surface area contributed by atoms with Gasteiger partial charge in [-0.1, -0.05) is 66.2 Å². The van der Waals surface area contributed by atoms with E-state index in [1.54, 1.807) is 22.9 Å². The number of benzene rings is 3. The standard InChI is InChI=1S/C35H36ClN7O4S/c1-42-23-26(21-39-42)25-12-16-28(17-13-25)43(35(44)38-20-24-8-4-3-5-9-24)29-18-14-27(15-19-29)40-34-37-22-30(36)33(41-34)47-31-10-6-7-11-32(31)48(2,45)46/h3-13,16-17,21-23,27,29H,14-15,18-20H2,1-2H3,(H,38,44)(H,37,40,41)/t27-,29-. The van der Waals surface area contributed by atoms with Gasteiger partial charge in [0.15, 0.2) is 9.84 Å². The van der Waals surface area contributed by atoms with Crippen LogP contribution in [-0.2, 0) is 23.4 Å². The van der Waals surface area contributed by atoms with Crippen LogP contribution in [0.4, 0.5) is 16.4 Å². The summed E-state index contributed by atoms with van der Waals surface area (Å²) >= 11 is 6.33. The highest BCUT2D eigenvalue weighted by molar-refractivity contribution is 7.90. The number of rotatable bonds is 10. The first-order chi connectivity index (χ1) is 23.1. The van der Waals surface area contributed by atoms with Crippen molar-refractivity contribution in [2.24, 2.45) is 7.05 Å². The van der Waals surface area contributed by atoms with E-state index < -0.39 is 9.84 Å². The van der Waals surface area contributed by atoms with E-state index in [-0.39, 0.29) is 39.7 Å². The van der Waals surface area contributed by atoms with Gasteiger partial charge in [-0.25, -0.2) is 18.2 Å². The third-order valence-electron chi connectivity index (χ3n) is 8.25. The first kappa shape index (κ1) is 33.0. The molecule has 248 valence electrons. The fraction of sp³-hybridized carbons (Fsp3) is 0.257. The minimum atomic E-state index is -3.53. The van der Waals surface area contributed by atoms with E-state index in [0.29, 0.717) is 12.5 Å². The van der Waals surface area contributed by atoms with Crippen molar-refractivity contribution in [1.29, 1.82) is 0 Å². The Bertz CT molecular complexity index is 1980. The predicted molar refractivity (Wildman–Crippen MR) is 186 cm³/mol. The van der Waals surface area contributed by atoms with Crippen LogP contribution in [0.2, 0.25) is 5.02 Å². The summed E-state index contributed by atoms with van der Waals surface area (Å²) in [5.74, 6) is 0.499. The molecule has 0 radical (unpaired) electrons. The van der Waals surface area contributed by atoms with Crippen LogP contribution in [0, 0.1) is 0 Å². The monoisotopic (exact) mass is 685 g/mol. The number of halogens is 1. The molecule has 0 unspecified atom stereocenters. The van der Waals surface area contributed by atoms with Gasteiger partial charge in [0, 0.05) is 49.4 Å². The summed E-state index contributed by atoms with van der Waals surface area (Å²) in [6.07, 6.45) is 9.35. The molecular weight excluding hydrogens is 650 g/mol. The van der Waals surface area contributed by atoms with Crippen LogP contribution >= 0.6 is 11.6 Å². The van der Waals surface area contributed by atoms with Gasteiger partial charge in [0.1, 0.15) is 15.7 Å². The van der Waals surface area contributed by atoms with Gasteiger partial charge < -0.3 is 15.4 Å². The number of aryl methyl sites for hydroxylation is 1. The van der Waals surface area contributed by atoms with Crippen LogP contribution in [0.3, 0.4) is 0 Å². The van der Waals surface area contributed by atoms with Gasteiger partial charge in [-0.05, 0) is 61.1 Å². The molecule has 1 fully saturated rings. The Balaban J connectivity index is 1.15. The third-order valence-corrected chi connectivity index (χ3v) is 9.65. The fourth-order valence-corrected chi connectivity index (χ4v) is 6.77. The molecule has 0 saturated heterocycles. The smallest absolute Gasteiger partial charge is 0.322 e. The summed E-state index contributed by atoms with van der Waals surface area (Å²) in [6.45, 7) is 0.424. The van der Waals surface area contributed by atoms with Gasteiger partial charge >= 0.3 is 6.03 Å². The molecule has 0 aliphatic heterocycles. The zero-order valence-electron chi connectivity index (χ0n) is 26.6. The van der Waals surface area contributed by atoms with Crippen molar-refractivity contribution in [2.75, 3.05) is 16.5 Å². The summed E-state index contributed by atoms with van der Waals surface area (Å²) in [5, 5.41) is 10.9. The van der Waals surface area contributed by atoms with Crippen LogP contribution in [0.15, 0.2) is 102 Å². The Kier molecular flexibility index (Phi) is 9.93. The normalized spacial score (nSPS) is 16.2. The van der Waals surface area contributed by atoms with Gasteiger partial charge in [0.2, 0.25) is 11.8 Å². The van der Waals surface area contributed by atoms with Crippen molar-refractivity contribution < 1.29 is 17.9 Å². The van der Waals surface area contributed by atoms with Gasteiger partial charge in [0.25, 0.3) is 0 Å². The second kappa shape index (κ2) is 14.4. The molecule has 1 aliphatic carbocycles. The van der Waals surface area contributed by atoms with Crippen molar-refractivity contribution in [1.82, 2.24) is 25.1 Å². The highest BCUT2D eigenvalue weighted by Gasteiger charge is 2.31. The lowest BCUT2D eigenvalue weighted by molar-refractivity contribution is 0.240. The molecule has 3 aromatic carbocycles. The minimum Gasteiger partial charge on any atom is -0.436 e. The van der Waals surface area contributed by atoms with Crippen LogP contribution < -0.4 is 20.3 Å². The maximum Gasteiger partial charge on any atom is 0.322 e. The molecule has 2 heterocycles. The van der Waals surface area contributed by atoms with E-state index in [1.807, 2.05) is 78.9 Å². The van der Waals surface area contributed by atoms with Gasteiger partial charge in [-0.2, -0.15) is 10.1 Å². The Morgan fingerprint density at radius 1 is 0.958 bits per heavy atom. The van der Waals surface area contributed by atoms with Crippen molar-refractivity contribution >= 4 is 39.1 Å². The Morgan fingerprint density at radius 3 is 2.35 bits per heavy atom. The van der Waals surface area contributed by atoms with Crippen LogP contribution in [0.25, 0.3) is 11.1 Å². The predicted octanol–water partition coefficient (Wildman–Crippen LogP) is 6.87. The molecule has 5 aromatic rings. The first-order valence-electron chi connectivity index (χ1n) is 15.6. The average Bonchev–Trinajstić information content (AvgIpc) is 3.53. The molecule has 1 aliphatic rings. The fourth-order valence-electron chi connectivity index (χ4n) is 5.84. The molecule has 48 heavy (non-hydrogen) atoms. The average molecular weight is 686 g/mol. The van der Waals surface area contributed by atoms with Crippen LogP contribution in [0.1, 0.15) is 31.2 Å². The maximum atomic E-state index is 13.8. The largest absolute Gasteiger partial charge is 0.436 e. The summed E-state index contributed by atoms with van der Waals surface area (Å²) in [4.78, 5) is 24.4. The number of hydrogen-bond acceptors (Lipinski definition) is 8. The molecular formula is C35H36ClN7O4S. The number of ether oxygens (including phenoxy) is 1. The number of carbonyl (C=O) groups excluding carboxylic acids is 1. The SMILES string of the molecule is Cn1cc(-c2ccc(N(C(=O)NCc3ccccc3)[C@H]3CC[C@H](Nc4ncc(Cl)c(Oc5ccccc5S(C)(=O)=O)n4)CC3)cc2)cn1. The molecule has 1 saturated carbocycles. The van der Waals surface area contributed by atoms with Crippen LogP contribution in [0.5, 0.6) is 11.6 Å². The number of anilines is 2. The molecule has 6 rings (SSSR count). The van der Waals surface area contributed by atoms with E-state index in [0.717, 1.165) is 54.3 Å². The number of urea groups is 1. The molecule has 0 spiro atoms. The Labute approximate surface area is 284 Å². The number of nitrogens with one attached hydrogen (secondary N) is 2. The molecule has 2 N–H and O–H groups in total. The number of aromatic nitrogens is 4. The molecule has 0 bridgehead atoms. The van der Waals surface area contributed by atoms with E-state index >= 15 is 0 Å². The minimum absolute atomic E-state index is 0.0272. The second-order valence-electron chi connectivity index (χ2n) is 11.8. The first-order valence-corrected chi connectivity index (χ1v) is 17.9. The number of carbonyl (C=O) groups is 1. The lowest BCUT2D eigenvalue weighted by atomic mass is 9.90. The van der Waals surface area contributed by atoms with Crippen molar-refractivity contribution in [3.05, 3.63) is 108 Å². The maximum absolute atomic E-state index is 13.8. The molecule has 11 nitrogen and oxygen atoms in total. The van der Waals surface area contributed by atoms with E-state index in [4.69, 9.17) is 16.3 Å². The lowest BCUT2D eigenvalue weighted by Gasteiger charge is -2.37. The Hall–Kier alpha value is -4.94. The highest BCUT2D eigenvalue weighted by Crippen LogP contribution is 2.34. The molecule has 2 amide bonds. The highest BCUT2D eigenvalue weighted by atomic mass is 35.5. The number of nitrogens with zero attached hydrogens (tertiary/aromatic N) is 5. The zero-order valence-corrected chi connectivity index (χ0v) is 28.2. The van der Waals surface area contributed by atoms with Gasteiger partial charge in [-0.15, -0.1) is 0 Å². The van der Waals surface area contributed by atoms with Gasteiger partial charge in [0.05, 0.1) is 12.4 Å². The summed E-state index contributed by atoms with van der Waals surface area (Å²) < 4.78 is 32.1. The number of amides is 2. The lowest BCUT2D eigenvalue weighted by Crippen LogP contribution is -2.48. The van der Waals surface area contributed by atoms with Gasteiger partial charge in [-0.3, -0.25) is 9.58 Å². The summed E-state index contributed by atoms with van der Waals surface area (Å²) in [6, 6.07) is 24.0. The summed E-state index contributed by atoms with van der Waals surface area (Å²) in [7, 11) is -1.65. The second-order valence-corrected chi connectivity index (χ2v) is 14.2. The molecule has 13 heteroatoms. The Morgan fingerprint density at radius 2 is 1.67 bits per heavy atom. The van der Waals surface area contributed by atoms with Crippen LogP contribution in [-0.4, -0.2) is 52.5 Å². The van der Waals surface area contributed by atoms with E-state index in [2.05, 4.69) is 25.7 Å². The molecule has 0 atom stereocenters. The zero-order chi connectivity index (χ0) is 33.7. The van der Waals surface area contributed by atoms with Crippen molar-refractivity contribution in [3.8, 4) is 22.8 Å². The number of sulfone groups is 1. The number of hydrogen-bond donors (Lipinski definition) is 2. The van der Waals surface area contributed by atoms with E-state index in [1.165, 1.54) is 12.3 Å². The van der Waals surface area contributed by atoms with Crippen molar-refractivity contribution in [3.63, 3.8) is 0 Å². The van der Waals surface area contributed by atoms with Crippen molar-refractivity contribution in [2.45, 2.75) is 49.2 Å². The molecule has 2 aromatic heterocycles. The number of para-hydroxylation sites is 1.